The number of thiazole rings is 1. The number of piperidine rings is 1. The molecule has 0 bridgehead atoms. The molecule has 4 heteroatoms. The van der Waals surface area contributed by atoms with Gasteiger partial charge in [-0.15, -0.1) is 11.3 Å². The van der Waals surface area contributed by atoms with Crippen LogP contribution in [0.2, 0.25) is 0 Å². The van der Waals surface area contributed by atoms with E-state index in [2.05, 4.69) is 23.5 Å². The Balaban J connectivity index is 1.74. The highest BCUT2D eigenvalue weighted by atomic mass is 32.1. The highest BCUT2D eigenvalue weighted by Gasteiger charge is 2.25. The van der Waals surface area contributed by atoms with E-state index in [1.807, 2.05) is 11.3 Å². The number of fused-ring (bicyclic) bond motifs is 3. The van der Waals surface area contributed by atoms with Gasteiger partial charge in [-0.1, -0.05) is 6.07 Å². The lowest BCUT2D eigenvalue weighted by atomic mass is 9.93. The maximum absolute atomic E-state index is 5.38. The molecule has 0 spiro atoms. The quantitative estimate of drug-likeness (QED) is 0.923. The fourth-order valence-electron chi connectivity index (χ4n) is 3.36. The van der Waals surface area contributed by atoms with Gasteiger partial charge in [0.25, 0.3) is 0 Å². The van der Waals surface area contributed by atoms with Gasteiger partial charge in [0.05, 0.1) is 17.8 Å². The Labute approximate surface area is 129 Å². The average molecular weight is 300 g/mol. The molecule has 2 aromatic rings. The standard InChI is InChI=1S/C17H20N2OS/c1-20-13-6-4-11-5-7-15-16(14(11)9-13)19-17(21-15)12-3-2-8-18-10-12/h4,6,9,12,18H,2-3,5,7-8,10H2,1H3. The van der Waals surface area contributed by atoms with E-state index in [1.54, 1.807) is 7.11 Å². The number of benzene rings is 1. The molecule has 1 aliphatic heterocycles. The van der Waals surface area contributed by atoms with E-state index in [-0.39, 0.29) is 0 Å². The van der Waals surface area contributed by atoms with E-state index in [9.17, 15) is 0 Å². The maximum Gasteiger partial charge on any atom is 0.119 e. The number of hydrogen-bond donors (Lipinski definition) is 1. The van der Waals surface area contributed by atoms with Crippen LogP contribution in [0.4, 0.5) is 0 Å². The first-order valence-electron chi connectivity index (χ1n) is 7.73. The van der Waals surface area contributed by atoms with Gasteiger partial charge in [0, 0.05) is 22.9 Å². The molecule has 1 aliphatic carbocycles. The molecule has 1 atom stereocenters. The topological polar surface area (TPSA) is 34.1 Å². The SMILES string of the molecule is COc1ccc2c(c1)-c1nc(C3CCCNC3)sc1CC2. The zero-order valence-electron chi connectivity index (χ0n) is 12.3. The van der Waals surface area contributed by atoms with Gasteiger partial charge in [-0.05, 0) is 49.9 Å². The van der Waals surface area contributed by atoms with Crippen LogP contribution in [0.1, 0.15) is 34.2 Å². The van der Waals surface area contributed by atoms with Crippen molar-refractivity contribution in [2.24, 2.45) is 0 Å². The van der Waals surface area contributed by atoms with Crippen molar-refractivity contribution in [3.05, 3.63) is 33.6 Å². The normalized spacial score (nSPS) is 20.7. The molecule has 1 saturated heterocycles. The van der Waals surface area contributed by atoms with Crippen LogP contribution in [0.25, 0.3) is 11.3 Å². The Morgan fingerprint density at radius 2 is 2.29 bits per heavy atom. The van der Waals surface area contributed by atoms with Crippen LogP contribution >= 0.6 is 11.3 Å². The van der Waals surface area contributed by atoms with E-state index in [1.165, 1.54) is 39.5 Å². The van der Waals surface area contributed by atoms with Gasteiger partial charge < -0.3 is 10.1 Å². The first-order valence-corrected chi connectivity index (χ1v) is 8.54. The predicted octanol–water partition coefficient (Wildman–Crippen LogP) is 3.38. The molecule has 0 radical (unpaired) electrons. The van der Waals surface area contributed by atoms with Crippen molar-refractivity contribution in [3.8, 4) is 17.0 Å². The largest absolute Gasteiger partial charge is 0.497 e. The first-order chi connectivity index (χ1) is 10.3. The third-order valence-electron chi connectivity index (χ3n) is 4.55. The third-order valence-corrected chi connectivity index (χ3v) is 5.83. The lowest BCUT2D eigenvalue weighted by molar-refractivity contribution is 0.415. The molecule has 1 fully saturated rings. The second-order valence-electron chi connectivity index (χ2n) is 5.89. The molecule has 110 valence electrons. The summed E-state index contributed by atoms with van der Waals surface area (Å²) in [4.78, 5) is 6.47. The molecular weight excluding hydrogens is 280 g/mol. The van der Waals surface area contributed by atoms with Crippen molar-refractivity contribution >= 4 is 11.3 Å². The van der Waals surface area contributed by atoms with Crippen LogP contribution in [0.15, 0.2) is 18.2 Å². The second-order valence-corrected chi connectivity index (χ2v) is 7.01. The minimum absolute atomic E-state index is 0.600. The lowest BCUT2D eigenvalue weighted by Crippen LogP contribution is -2.28. The Hall–Kier alpha value is -1.39. The molecule has 1 aromatic heterocycles. The number of rotatable bonds is 2. The third kappa shape index (κ3) is 2.36. The first kappa shape index (κ1) is 13.3. The molecule has 2 aliphatic rings. The van der Waals surface area contributed by atoms with Gasteiger partial charge in [-0.25, -0.2) is 4.98 Å². The van der Waals surface area contributed by atoms with E-state index < -0.39 is 0 Å². The molecule has 0 amide bonds. The van der Waals surface area contributed by atoms with Gasteiger partial charge in [-0.2, -0.15) is 0 Å². The van der Waals surface area contributed by atoms with Gasteiger partial charge in [0.1, 0.15) is 5.75 Å². The molecule has 1 aromatic carbocycles. The summed E-state index contributed by atoms with van der Waals surface area (Å²) >= 11 is 1.93. The highest BCUT2D eigenvalue weighted by Crippen LogP contribution is 2.40. The van der Waals surface area contributed by atoms with Crippen molar-refractivity contribution in [2.45, 2.75) is 31.6 Å². The fraction of sp³-hybridized carbons (Fsp3) is 0.471. The molecule has 1 unspecified atom stereocenters. The summed E-state index contributed by atoms with van der Waals surface area (Å²) in [7, 11) is 1.73. The lowest BCUT2D eigenvalue weighted by Gasteiger charge is -2.20. The zero-order chi connectivity index (χ0) is 14.2. The molecule has 1 N–H and O–H groups in total. The molecule has 21 heavy (non-hydrogen) atoms. The smallest absolute Gasteiger partial charge is 0.119 e. The van der Waals surface area contributed by atoms with Gasteiger partial charge in [-0.3, -0.25) is 0 Å². The Morgan fingerprint density at radius 1 is 1.33 bits per heavy atom. The number of aryl methyl sites for hydroxylation is 2. The van der Waals surface area contributed by atoms with Crippen LogP contribution in [0.3, 0.4) is 0 Å². The summed E-state index contributed by atoms with van der Waals surface area (Å²) < 4.78 is 5.38. The minimum Gasteiger partial charge on any atom is -0.497 e. The number of nitrogens with zero attached hydrogens (tertiary/aromatic N) is 1. The van der Waals surface area contributed by atoms with Crippen molar-refractivity contribution in [2.75, 3.05) is 20.2 Å². The number of hydrogen-bond acceptors (Lipinski definition) is 4. The molecular formula is C17H20N2OS. The van der Waals surface area contributed by atoms with E-state index >= 15 is 0 Å². The number of methoxy groups -OCH3 is 1. The minimum atomic E-state index is 0.600. The summed E-state index contributed by atoms with van der Waals surface area (Å²) in [6.45, 7) is 2.24. The average Bonchev–Trinajstić information content (AvgIpc) is 3.00. The zero-order valence-corrected chi connectivity index (χ0v) is 13.1. The van der Waals surface area contributed by atoms with Gasteiger partial charge in [0.15, 0.2) is 0 Å². The van der Waals surface area contributed by atoms with Crippen molar-refractivity contribution in [1.29, 1.82) is 0 Å². The van der Waals surface area contributed by atoms with Crippen LogP contribution in [0, 0.1) is 0 Å². The monoisotopic (exact) mass is 300 g/mol. The van der Waals surface area contributed by atoms with Crippen LogP contribution in [-0.4, -0.2) is 25.2 Å². The maximum atomic E-state index is 5.38. The van der Waals surface area contributed by atoms with E-state index in [4.69, 9.17) is 9.72 Å². The summed E-state index contributed by atoms with van der Waals surface area (Å²) in [6.07, 6.45) is 4.78. The number of nitrogens with one attached hydrogen (secondary N) is 1. The van der Waals surface area contributed by atoms with Crippen molar-refractivity contribution < 1.29 is 4.74 Å². The second kappa shape index (κ2) is 5.43. The summed E-state index contributed by atoms with van der Waals surface area (Å²) in [6, 6.07) is 6.40. The van der Waals surface area contributed by atoms with Crippen LogP contribution in [-0.2, 0) is 12.8 Å². The van der Waals surface area contributed by atoms with Crippen molar-refractivity contribution in [3.63, 3.8) is 0 Å². The van der Waals surface area contributed by atoms with Gasteiger partial charge in [0.2, 0.25) is 0 Å². The predicted molar refractivity (Wildman–Crippen MR) is 86.4 cm³/mol. The molecule has 4 rings (SSSR count). The van der Waals surface area contributed by atoms with E-state index in [0.29, 0.717) is 5.92 Å². The number of ether oxygens (including phenoxy) is 1. The Bertz CT molecular complexity index is 659. The molecule has 3 nitrogen and oxygen atoms in total. The number of aromatic nitrogens is 1. The van der Waals surface area contributed by atoms with Crippen molar-refractivity contribution in [1.82, 2.24) is 10.3 Å². The molecule has 2 heterocycles. The van der Waals surface area contributed by atoms with Crippen LogP contribution in [0.5, 0.6) is 5.75 Å². The summed E-state index contributed by atoms with van der Waals surface area (Å²) in [5, 5.41) is 4.82. The molecule has 0 saturated carbocycles. The van der Waals surface area contributed by atoms with Crippen LogP contribution < -0.4 is 10.1 Å². The Kier molecular flexibility index (Phi) is 3.43. The van der Waals surface area contributed by atoms with Gasteiger partial charge >= 0.3 is 0 Å². The summed E-state index contributed by atoms with van der Waals surface area (Å²) in [5.41, 5.74) is 3.89. The Morgan fingerprint density at radius 3 is 3.10 bits per heavy atom. The highest BCUT2D eigenvalue weighted by molar-refractivity contribution is 7.12. The fourth-order valence-corrected chi connectivity index (χ4v) is 4.57. The van der Waals surface area contributed by atoms with E-state index in [0.717, 1.165) is 31.7 Å². The summed E-state index contributed by atoms with van der Waals surface area (Å²) in [5.74, 6) is 1.53.